The first-order chi connectivity index (χ1) is 15.4. The Bertz CT molecular complexity index is 1270. The molecular weight excluding hydrogens is 518 g/mol. The Morgan fingerprint density at radius 2 is 1.97 bits per heavy atom. The zero-order valence-electron chi connectivity index (χ0n) is 16.6. The summed E-state index contributed by atoms with van der Waals surface area (Å²) in [4.78, 5) is 38.6. The van der Waals surface area contributed by atoms with E-state index in [4.69, 9.17) is 20.8 Å². The number of carbonyl (C=O) groups excluding carboxylic acids is 3. The van der Waals surface area contributed by atoms with Crippen molar-refractivity contribution in [3.63, 3.8) is 0 Å². The summed E-state index contributed by atoms with van der Waals surface area (Å²) >= 11 is 10.4. The molecule has 2 amide bonds. The first-order valence-electron chi connectivity index (χ1n) is 9.34. The molecule has 1 aliphatic rings. The summed E-state index contributed by atoms with van der Waals surface area (Å²) in [5.74, 6) is -0.0537. The second-order valence-corrected chi connectivity index (χ2v) is 9.00. The third-order valence-corrected chi connectivity index (χ3v) is 6.73. The average Bonchev–Trinajstić information content (AvgIpc) is 3.35. The zero-order valence-corrected chi connectivity index (χ0v) is 19.8. The number of halogens is 2. The van der Waals surface area contributed by atoms with Gasteiger partial charge in [0.25, 0.3) is 11.1 Å². The SMILES string of the molecule is COC(=O)c1cc(-c2ccc(/C=C3\SC(=O)N(Cc4ccccc4Br)C3=O)o2)ccc1Cl. The van der Waals surface area contributed by atoms with Crippen LogP contribution in [0.15, 0.2) is 68.4 Å². The second-order valence-electron chi connectivity index (χ2n) is 6.75. The van der Waals surface area contributed by atoms with Crippen molar-refractivity contribution < 1.29 is 23.5 Å². The van der Waals surface area contributed by atoms with E-state index >= 15 is 0 Å². The molecule has 1 aliphatic heterocycles. The highest BCUT2D eigenvalue weighted by atomic mass is 79.9. The number of methoxy groups -OCH3 is 1. The van der Waals surface area contributed by atoms with Crippen LogP contribution in [0.5, 0.6) is 0 Å². The third kappa shape index (κ3) is 4.53. The average molecular weight is 533 g/mol. The number of carbonyl (C=O) groups is 3. The van der Waals surface area contributed by atoms with Crippen molar-refractivity contribution in [2.45, 2.75) is 6.54 Å². The molecule has 162 valence electrons. The van der Waals surface area contributed by atoms with Crippen molar-refractivity contribution in [1.29, 1.82) is 0 Å². The van der Waals surface area contributed by atoms with E-state index in [2.05, 4.69) is 15.9 Å². The summed E-state index contributed by atoms with van der Waals surface area (Å²) in [7, 11) is 1.28. The molecule has 1 aromatic heterocycles. The second kappa shape index (κ2) is 9.36. The first kappa shape index (κ1) is 22.4. The molecule has 0 spiro atoms. The van der Waals surface area contributed by atoms with Crippen molar-refractivity contribution in [1.82, 2.24) is 4.90 Å². The van der Waals surface area contributed by atoms with Gasteiger partial charge in [-0.1, -0.05) is 45.7 Å². The highest BCUT2D eigenvalue weighted by Crippen LogP contribution is 2.35. The van der Waals surface area contributed by atoms with Crippen LogP contribution >= 0.6 is 39.3 Å². The maximum absolute atomic E-state index is 12.8. The van der Waals surface area contributed by atoms with Crippen LogP contribution in [0.2, 0.25) is 5.02 Å². The number of hydrogen-bond donors (Lipinski definition) is 0. The molecule has 0 radical (unpaired) electrons. The van der Waals surface area contributed by atoms with Crippen LogP contribution in [0, 0.1) is 0 Å². The Labute approximate surface area is 201 Å². The van der Waals surface area contributed by atoms with Crippen LogP contribution in [-0.2, 0) is 16.1 Å². The molecule has 3 aromatic rings. The largest absolute Gasteiger partial charge is 0.465 e. The van der Waals surface area contributed by atoms with Crippen molar-refractivity contribution >= 4 is 62.5 Å². The lowest BCUT2D eigenvalue weighted by Crippen LogP contribution is -2.27. The maximum atomic E-state index is 12.8. The van der Waals surface area contributed by atoms with E-state index < -0.39 is 5.97 Å². The lowest BCUT2D eigenvalue weighted by molar-refractivity contribution is -0.123. The number of furan rings is 1. The van der Waals surface area contributed by atoms with Gasteiger partial charge in [-0.25, -0.2) is 4.79 Å². The van der Waals surface area contributed by atoms with E-state index in [1.165, 1.54) is 18.1 Å². The Kier molecular flexibility index (Phi) is 6.55. The van der Waals surface area contributed by atoms with E-state index in [9.17, 15) is 14.4 Å². The van der Waals surface area contributed by atoms with Gasteiger partial charge in [-0.3, -0.25) is 14.5 Å². The van der Waals surface area contributed by atoms with Crippen LogP contribution in [0.25, 0.3) is 17.4 Å². The lowest BCUT2D eigenvalue weighted by atomic mass is 10.1. The topological polar surface area (TPSA) is 76.8 Å². The Morgan fingerprint density at radius 3 is 2.72 bits per heavy atom. The van der Waals surface area contributed by atoms with Gasteiger partial charge in [0.15, 0.2) is 0 Å². The third-order valence-electron chi connectivity index (χ3n) is 4.72. The number of thioether (sulfide) groups is 1. The highest BCUT2D eigenvalue weighted by molar-refractivity contribution is 9.10. The summed E-state index contributed by atoms with van der Waals surface area (Å²) in [6.45, 7) is 0.175. The molecule has 2 heterocycles. The molecule has 0 atom stereocenters. The number of esters is 1. The molecule has 2 aromatic carbocycles. The maximum Gasteiger partial charge on any atom is 0.339 e. The number of imide groups is 1. The minimum Gasteiger partial charge on any atom is -0.465 e. The van der Waals surface area contributed by atoms with E-state index in [0.29, 0.717) is 17.1 Å². The summed E-state index contributed by atoms with van der Waals surface area (Å²) in [6, 6.07) is 15.7. The number of hydrogen-bond acceptors (Lipinski definition) is 6. The van der Waals surface area contributed by atoms with Crippen molar-refractivity contribution in [2.75, 3.05) is 7.11 Å². The number of nitrogens with zero attached hydrogens (tertiary/aromatic N) is 1. The number of rotatable bonds is 5. The number of amides is 2. The number of ether oxygens (including phenoxy) is 1. The number of benzene rings is 2. The van der Waals surface area contributed by atoms with Crippen LogP contribution in [0.1, 0.15) is 21.7 Å². The lowest BCUT2D eigenvalue weighted by Gasteiger charge is -2.13. The highest BCUT2D eigenvalue weighted by Gasteiger charge is 2.35. The molecule has 0 aliphatic carbocycles. The quantitative estimate of drug-likeness (QED) is 0.280. The van der Waals surface area contributed by atoms with Crippen LogP contribution in [-0.4, -0.2) is 29.1 Å². The van der Waals surface area contributed by atoms with Crippen molar-refractivity contribution in [2.24, 2.45) is 0 Å². The predicted molar refractivity (Wildman–Crippen MR) is 126 cm³/mol. The van der Waals surface area contributed by atoms with Crippen LogP contribution in [0.3, 0.4) is 0 Å². The monoisotopic (exact) mass is 531 g/mol. The van der Waals surface area contributed by atoms with Gasteiger partial charge in [-0.2, -0.15) is 0 Å². The van der Waals surface area contributed by atoms with Gasteiger partial charge in [0.1, 0.15) is 11.5 Å². The van der Waals surface area contributed by atoms with Crippen LogP contribution < -0.4 is 0 Å². The smallest absolute Gasteiger partial charge is 0.339 e. The van der Waals surface area contributed by atoms with Gasteiger partial charge in [-0.05, 0) is 53.7 Å². The van der Waals surface area contributed by atoms with Gasteiger partial charge >= 0.3 is 5.97 Å². The molecule has 4 rings (SSSR count). The van der Waals surface area contributed by atoms with Crippen molar-refractivity contribution in [3.05, 3.63) is 85.9 Å². The first-order valence-corrected chi connectivity index (χ1v) is 11.3. The Hall–Kier alpha value is -2.81. The van der Waals surface area contributed by atoms with E-state index in [0.717, 1.165) is 21.8 Å². The van der Waals surface area contributed by atoms with Gasteiger partial charge in [0, 0.05) is 16.1 Å². The molecule has 1 saturated heterocycles. The van der Waals surface area contributed by atoms with Gasteiger partial charge in [-0.15, -0.1) is 0 Å². The normalized spacial score (nSPS) is 15.0. The Morgan fingerprint density at radius 1 is 1.19 bits per heavy atom. The fourth-order valence-corrected chi connectivity index (χ4v) is 4.52. The zero-order chi connectivity index (χ0) is 22.8. The molecule has 0 N–H and O–H groups in total. The van der Waals surface area contributed by atoms with E-state index in [-0.39, 0.29) is 33.2 Å². The molecule has 9 heteroatoms. The summed E-state index contributed by atoms with van der Waals surface area (Å²) < 4.78 is 11.4. The molecule has 0 saturated carbocycles. The molecule has 0 bridgehead atoms. The van der Waals surface area contributed by atoms with Crippen molar-refractivity contribution in [3.8, 4) is 11.3 Å². The van der Waals surface area contributed by atoms with Crippen LogP contribution in [0.4, 0.5) is 4.79 Å². The van der Waals surface area contributed by atoms with E-state index in [1.54, 1.807) is 30.3 Å². The Balaban J connectivity index is 1.56. The molecular formula is C23H15BrClNO5S. The summed E-state index contributed by atoms with van der Waals surface area (Å²) in [5, 5.41) is -0.0738. The predicted octanol–water partition coefficient (Wildman–Crippen LogP) is 6.39. The van der Waals surface area contributed by atoms with Gasteiger partial charge in [0.05, 0.1) is 29.1 Å². The summed E-state index contributed by atoms with van der Waals surface area (Å²) in [6.07, 6.45) is 1.53. The molecule has 1 fully saturated rings. The molecule has 6 nitrogen and oxygen atoms in total. The molecule has 32 heavy (non-hydrogen) atoms. The van der Waals surface area contributed by atoms with E-state index in [1.807, 2.05) is 24.3 Å². The fraction of sp³-hybridized carbons (Fsp3) is 0.0870. The standard InChI is InChI=1S/C23H15BrClNO5S/c1-30-22(28)16-10-13(6-8-18(16)25)19-9-7-15(31-19)11-20-21(27)26(23(29)32-20)12-14-4-2-3-5-17(14)24/h2-11H,12H2,1H3/b20-11-. The molecule has 0 unspecified atom stereocenters. The minimum absolute atomic E-state index is 0.175. The van der Waals surface area contributed by atoms with Gasteiger partial charge in [0.2, 0.25) is 0 Å². The van der Waals surface area contributed by atoms with Gasteiger partial charge < -0.3 is 9.15 Å². The summed E-state index contributed by atoms with van der Waals surface area (Å²) in [5.41, 5.74) is 1.68. The fourth-order valence-electron chi connectivity index (χ4n) is 3.09. The minimum atomic E-state index is -0.553.